The highest BCUT2D eigenvalue weighted by molar-refractivity contribution is 5.92. The van der Waals surface area contributed by atoms with Crippen LogP contribution in [0.2, 0.25) is 0 Å². The predicted molar refractivity (Wildman–Crippen MR) is 67.8 cm³/mol. The fourth-order valence-electron chi connectivity index (χ4n) is 1.43. The van der Waals surface area contributed by atoms with E-state index in [1.54, 1.807) is 12.1 Å². The fourth-order valence-corrected chi connectivity index (χ4v) is 1.43. The molecule has 0 aromatic heterocycles. The van der Waals surface area contributed by atoms with Crippen LogP contribution in [0.1, 0.15) is 29.8 Å². The zero-order valence-electron chi connectivity index (χ0n) is 10.4. The Morgan fingerprint density at radius 3 is 2.59 bits per heavy atom. The Kier molecular flexibility index (Phi) is 5.66. The number of hydrogen-bond donors (Lipinski definition) is 2. The molecule has 4 nitrogen and oxygen atoms in total. The summed E-state index contributed by atoms with van der Waals surface area (Å²) in [5, 5.41) is 3.34. The number of nitrogens with two attached hydrogens (primary N) is 1. The molecular weight excluding hydrogens is 216 g/mol. The van der Waals surface area contributed by atoms with Crippen LogP contribution in [0, 0.1) is 0 Å². The third-order valence-electron chi connectivity index (χ3n) is 2.47. The van der Waals surface area contributed by atoms with E-state index in [9.17, 15) is 4.79 Å². The highest BCUT2D eigenvalue weighted by Crippen LogP contribution is 2.03. The molecule has 1 aromatic carbocycles. The van der Waals surface area contributed by atoms with E-state index in [-0.39, 0.29) is 0 Å². The van der Waals surface area contributed by atoms with Gasteiger partial charge in [0.05, 0.1) is 6.61 Å². The molecule has 0 bridgehead atoms. The summed E-state index contributed by atoms with van der Waals surface area (Å²) in [7, 11) is 0. The van der Waals surface area contributed by atoms with Crippen LogP contribution in [0.4, 0.5) is 0 Å². The molecule has 17 heavy (non-hydrogen) atoms. The molecule has 3 N–H and O–H groups in total. The first-order valence-electron chi connectivity index (χ1n) is 5.83. The number of rotatable bonds is 7. The van der Waals surface area contributed by atoms with Crippen molar-refractivity contribution in [3.63, 3.8) is 0 Å². The molecule has 0 aliphatic carbocycles. The molecule has 1 atom stereocenters. The van der Waals surface area contributed by atoms with Crippen molar-refractivity contribution in [3.05, 3.63) is 35.4 Å². The lowest BCUT2D eigenvalue weighted by molar-refractivity contribution is 0.100. The minimum Gasteiger partial charge on any atom is -0.380 e. The van der Waals surface area contributed by atoms with Gasteiger partial charge in [0.1, 0.15) is 0 Å². The second-order valence-corrected chi connectivity index (χ2v) is 4.00. The number of ether oxygens (including phenoxy) is 1. The van der Waals surface area contributed by atoms with Crippen LogP contribution in [0.15, 0.2) is 24.3 Å². The van der Waals surface area contributed by atoms with Gasteiger partial charge in [-0.1, -0.05) is 12.1 Å². The Balaban J connectivity index is 2.39. The van der Waals surface area contributed by atoms with Crippen molar-refractivity contribution in [2.45, 2.75) is 26.4 Å². The summed E-state index contributed by atoms with van der Waals surface area (Å²) in [6.45, 7) is 6.26. The van der Waals surface area contributed by atoms with Crippen LogP contribution in [0.25, 0.3) is 0 Å². The maximum Gasteiger partial charge on any atom is 0.248 e. The molecule has 0 heterocycles. The highest BCUT2D eigenvalue weighted by atomic mass is 16.5. The monoisotopic (exact) mass is 236 g/mol. The summed E-state index contributed by atoms with van der Waals surface area (Å²) in [5.74, 6) is -0.394. The average molecular weight is 236 g/mol. The van der Waals surface area contributed by atoms with Crippen LogP contribution in [-0.4, -0.2) is 25.2 Å². The van der Waals surface area contributed by atoms with Crippen molar-refractivity contribution < 1.29 is 9.53 Å². The molecule has 0 fully saturated rings. The van der Waals surface area contributed by atoms with Crippen molar-refractivity contribution >= 4 is 5.91 Å². The van der Waals surface area contributed by atoms with Gasteiger partial charge in [-0.15, -0.1) is 0 Å². The summed E-state index contributed by atoms with van der Waals surface area (Å²) in [6, 6.07) is 7.60. The van der Waals surface area contributed by atoms with E-state index in [2.05, 4.69) is 12.2 Å². The SMILES string of the molecule is CCOCC(C)NCc1ccc(C(N)=O)cc1. The van der Waals surface area contributed by atoms with Crippen LogP contribution in [0.3, 0.4) is 0 Å². The molecule has 4 heteroatoms. The zero-order valence-corrected chi connectivity index (χ0v) is 10.4. The lowest BCUT2D eigenvalue weighted by atomic mass is 10.1. The van der Waals surface area contributed by atoms with E-state index >= 15 is 0 Å². The summed E-state index contributed by atoms with van der Waals surface area (Å²) in [6.07, 6.45) is 0. The van der Waals surface area contributed by atoms with Gasteiger partial charge in [0.25, 0.3) is 0 Å². The number of carbonyl (C=O) groups is 1. The molecule has 0 aliphatic rings. The Bertz CT molecular complexity index is 349. The number of carbonyl (C=O) groups excluding carboxylic acids is 1. The molecule has 0 saturated carbocycles. The molecular formula is C13H20N2O2. The van der Waals surface area contributed by atoms with E-state index in [0.717, 1.165) is 18.7 Å². The van der Waals surface area contributed by atoms with Gasteiger partial charge in [0.2, 0.25) is 5.91 Å². The maximum absolute atomic E-state index is 10.9. The minimum atomic E-state index is -0.394. The Labute approximate surface area is 102 Å². The van der Waals surface area contributed by atoms with Gasteiger partial charge >= 0.3 is 0 Å². The Hall–Kier alpha value is -1.39. The molecule has 0 aliphatic heterocycles. The lowest BCUT2D eigenvalue weighted by Gasteiger charge is -2.13. The number of amides is 1. The number of nitrogens with one attached hydrogen (secondary N) is 1. The average Bonchev–Trinajstić information content (AvgIpc) is 2.34. The van der Waals surface area contributed by atoms with Gasteiger partial charge in [0.15, 0.2) is 0 Å². The van der Waals surface area contributed by atoms with Crippen LogP contribution in [0.5, 0.6) is 0 Å². The van der Waals surface area contributed by atoms with Gasteiger partial charge < -0.3 is 15.8 Å². The Morgan fingerprint density at radius 1 is 1.41 bits per heavy atom. The van der Waals surface area contributed by atoms with Gasteiger partial charge in [-0.25, -0.2) is 0 Å². The van der Waals surface area contributed by atoms with Crippen LogP contribution in [-0.2, 0) is 11.3 Å². The third-order valence-corrected chi connectivity index (χ3v) is 2.47. The first-order valence-corrected chi connectivity index (χ1v) is 5.83. The highest BCUT2D eigenvalue weighted by Gasteiger charge is 2.02. The third kappa shape index (κ3) is 4.97. The topological polar surface area (TPSA) is 64.3 Å². The van der Waals surface area contributed by atoms with Gasteiger partial charge in [-0.3, -0.25) is 4.79 Å². The molecule has 1 aromatic rings. The zero-order chi connectivity index (χ0) is 12.7. The van der Waals surface area contributed by atoms with Crippen molar-refractivity contribution in [1.29, 1.82) is 0 Å². The van der Waals surface area contributed by atoms with Gasteiger partial charge in [-0.2, -0.15) is 0 Å². The summed E-state index contributed by atoms with van der Waals surface area (Å²) in [5.41, 5.74) is 6.83. The normalized spacial score (nSPS) is 12.4. The first-order chi connectivity index (χ1) is 8.13. The second-order valence-electron chi connectivity index (χ2n) is 4.00. The first kappa shape index (κ1) is 13.7. The maximum atomic E-state index is 10.9. The fraction of sp³-hybridized carbons (Fsp3) is 0.462. The van der Waals surface area contributed by atoms with Gasteiger partial charge in [-0.05, 0) is 31.5 Å². The standard InChI is InChI=1S/C13H20N2O2/c1-3-17-9-10(2)15-8-11-4-6-12(7-5-11)13(14)16/h4-7,10,15H,3,8-9H2,1-2H3,(H2,14,16). The molecule has 1 unspecified atom stereocenters. The summed E-state index contributed by atoms with van der Waals surface area (Å²) >= 11 is 0. The smallest absolute Gasteiger partial charge is 0.248 e. The largest absolute Gasteiger partial charge is 0.380 e. The predicted octanol–water partition coefficient (Wildman–Crippen LogP) is 1.30. The summed E-state index contributed by atoms with van der Waals surface area (Å²) < 4.78 is 5.31. The lowest BCUT2D eigenvalue weighted by Crippen LogP contribution is -2.30. The van der Waals surface area contributed by atoms with Crippen molar-refractivity contribution in [1.82, 2.24) is 5.32 Å². The van der Waals surface area contributed by atoms with E-state index in [1.807, 2.05) is 19.1 Å². The summed E-state index contributed by atoms with van der Waals surface area (Å²) in [4.78, 5) is 10.9. The molecule has 0 saturated heterocycles. The van der Waals surface area contributed by atoms with Gasteiger partial charge in [0, 0.05) is 24.8 Å². The minimum absolute atomic E-state index is 0.311. The molecule has 94 valence electrons. The second kappa shape index (κ2) is 7.04. The molecule has 0 radical (unpaired) electrons. The van der Waals surface area contributed by atoms with E-state index in [0.29, 0.717) is 18.2 Å². The number of primary amides is 1. The number of benzene rings is 1. The quantitative estimate of drug-likeness (QED) is 0.750. The molecule has 1 amide bonds. The van der Waals surface area contributed by atoms with Crippen LogP contribution < -0.4 is 11.1 Å². The molecule has 0 spiro atoms. The van der Waals surface area contributed by atoms with E-state index in [1.165, 1.54) is 0 Å². The van der Waals surface area contributed by atoms with E-state index < -0.39 is 5.91 Å². The number of hydrogen-bond acceptors (Lipinski definition) is 3. The Morgan fingerprint density at radius 2 is 2.06 bits per heavy atom. The van der Waals surface area contributed by atoms with E-state index in [4.69, 9.17) is 10.5 Å². The van der Waals surface area contributed by atoms with Crippen molar-refractivity contribution in [2.24, 2.45) is 5.73 Å². The molecule has 1 rings (SSSR count). The van der Waals surface area contributed by atoms with Crippen molar-refractivity contribution in [3.8, 4) is 0 Å². The van der Waals surface area contributed by atoms with Crippen LogP contribution >= 0.6 is 0 Å². The van der Waals surface area contributed by atoms with Crippen molar-refractivity contribution in [2.75, 3.05) is 13.2 Å².